The van der Waals surface area contributed by atoms with Crippen molar-refractivity contribution >= 4 is 24.3 Å². The maximum Gasteiger partial charge on any atom is 0.174 e. The van der Waals surface area contributed by atoms with Crippen molar-refractivity contribution in [1.82, 2.24) is 58.6 Å². The van der Waals surface area contributed by atoms with Crippen LogP contribution < -0.4 is 9.47 Å². The largest absolute Gasteiger partial charge is 0.497 e. The fourth-order valence-electron chi connectivity index (χ4n) is 8.49. The molecule has 8 aromatic rings. The average Bonchev–Trinajstić information content (AvgIpc) is 4.14. The molecule has 0 radical (unpaired) electrons. The number of fused-ring (bicyclic) bond motifs is 2. The summed E-state index contributed by atoms with van der Waals surface area (Å²) in [5.74, 6) is 5.72. The van der Waals surface area contributed by atoms with E-state index in [9.17, 15) is 0 Å². The fraction of sp³-hybridized carbons (Fsp3) is 0.280. The van der Waals surface area contributed by atoms with Crippen LogP contribution in [0.4, 0.5) is 0 Å². The van der Waals surface area contributed by atoms with E-state index in [0.29, 0.717) is 11.6 Å². The van der Waals surface area contributed by atoms with Gasteiger partial charge in [-0.05, 0) is 137 Å². The molecule has 0 bridgehead atoms. The molecule has 0 unspecified atom stereocenters. The number of aryl methyl sites for hydroxylation is 6. The number of benzene rings is 2. The monoisotopic (exact) mass is 852 g/mol. The summed E-state index contributed by atoms with van der Waals surface area (Å²) >= 11 is 0. The molecule has 0 spiro atoms. The van der Waals surface area contributed by atoms with Crippen LogP contribution in [0.2, 0.25) is 0 Å². The lowest BCUT2D eigenvalue weighted by Gasteiger charge is -2.22. The van der Waals surface area contributed by atoms with Gasteiger partial charge in [-0.25, -0.2) is 29.3 Å². The average molecular weight is 853 g/mol. The Bertz CT molecular complexity index is 2740. The number of nitrogens with zero attached hydrogens (tertiary/aromatic N) is 12. The number of ether oxygens (including phenoxy) is 2. The smallest absolute Gasteiger partial charge is 0.174 e. The van der Waals surface area contributed by atoms with E-state index >= 15 is 0 Å². The zero-order chi connectivity index (χ0) is 44.2. The van der Waals surface area contributed by atoms with Gasteiger partial charge in [0.2, 0.25) is 0 Å². The molecule has 0 amide bonds. The Balaban J connectivity index is 0.000000162. The van der Waals surface area contributed by atoms with Gasteiger partial charge < -0.3 is 18.6 Å². The molecular weight excluding hydrogens is 801 g/mol. The highest BCUT2D eigenvalue weighted by atomic mass is 16.5. The normalized spacial score (nSPS) is 15.8. The summed E-state index contributed by atoms with van der Waals surface area (Å²) in [6.07, 6.45) is 19.8. The highest BCUT2D eigenvalue weighted by molar-refractivity contribution is 5.66. The number of rotatable bonds is 10. The molecule has 2 aliphatic heterocycles. The van der Waals surface area contributed by atoms with Gasteiger partial charge in [0, 0.05) is 37.3 Å². The third-order valence-electron chi connectivity index (χ3n) is 11.8. The molecule has 10 rings (SSSR count). The molecule has 324 valence electrons. The number of imidazole rings is 2. The van der Waals surface area contributed by atoms with Crippen molar-refractivity contribution < 1.29 is 9.47 Å². The van der Waals surface area contributed by atoms with Crippen LogP contribution in [-0.2, 0) is 13.1 Å². The lowest BCUT2D eigenvalue weighted by atomic mass is 9.91. The van der Waals surface area contributed by atoms with Gasteiger partial charge in [0.1, 0.15) is 23.1 Å². The summed E-state index contributed by atoms with van der Waals surface area (Å²) in [7, 11) is 3.38. The quantitative estimate of drug-likeness (QED) is 0.131. The topological polar surface area (TPSA) is 141 Å². The minimum Gasteiger partial charge on any atom is -0.497 e. The van der Waals surface area contributed by atoms with Crippen molar-refractivity contribution in [3.05, 3.63) is 166 Å². The Labute approximate surface area is 373 Å². The second kappa shape index (κ2) is 18.5. The molecular formula is C50H52N12O2. The van der Waals surface area contributed by atoms with E-state index in [2.05, 4.69) is 46.4 Å². The predicted octanol–water partition coefficient (Wildman–Crippen LogP) is 9.16. The zero-order valence-electron chi connectivity index (χ0n) is 37.1. The third-order valence-corrected chi connectivity index (χ3v) is 11.8. The van der Waals surface area contributed by atoms with Crippen LogP contribution in [0.5, 0.6) is 11.5 Å². The van der Waals surface area contributed by atoms with Gasteiger partial charge in [-0.1, -0.05) is 24.3 Å². The van der Waals surface area contributed by atoms with E-state index in [1.54, 1.807) is 14.2 Å². The van der Waals surface area contributed by atoms with Gasteiger partial charge in [-0.2, -0.15) is 10.2 Å². The lowest BCUT2D eigenvalue weighted by Crippen LogP contribution is -2.17. The van der Waals surface area contributed by atoms with Gasteiger partial charge >= 0.3 is 0 Å². The summed E-state index contributed by atoms with van der Waals surface area (Å²) in [5, 5.41) is 9.44. The summed E-state index contributed by atoms with van der Waals surface area (Å²) < 4.78 is 18.7. The molecule has 14 heteroatoms. The van der Waals surface area contributed by atoms with Crippen molar-refractivity contribution in [2.24, 2.45) is 0 Å². The number of aromatic nitrogens is 12. The summed E-state index contributed by atoms with van der Waals surface area (Å²) in [4.78, 5) is 27.7. The Hall–Kier alpha value is -7.48. The van der Waals surface area contributed by atoms with Gasteiger partial charge in [0.25, 0.3) is 0 Å². The number of hydrogen-bond donors (Lipinski definition) is 0. The first kappa shape index (κ1) is 41.9. The Kier molecular flexibility index (Phi) is 12.1. The highest BCUT2D eigenvalue weighted by Crippen LogP contribution is 2.34. The van der Waals surface area contributed by atoms with Crippen LogP contribution in [0.1, 0.15) is 106 Å². The van der Waals surface area contributed by atoms with Crippen LogP contribution in [0, 0.1) is 27.7 Å². The molecule has 0 aliphatic carbocycles. The van der Waals surface area contributed by atoms with Crippen LogP contribution >= 0.6 is 0 Å². The van der Waals surface area contributed by atoms with E-state index in [1.807, 2.05) is 132 Å². The van der Waals surface area contributed by atoms with E-state index in [1.165, 1.54) is 11.1 Å². The molecule has 2 aliphatic rings. The summed E-state index contributed by atoms with van der Waals surface area (Å²) in [6.45, 7) is 9.78. The Morgan fingerprint density at radius 2 is 0.938 bits per heavy atom. The molecule has 0 fully saturated rings. The van der Waals surface area contributed by atoms with Crippen molar-refractivity contribution in [3.63, 3.8) is 0 Å². The van der Waals surface area contributed by atoms with Gasteiger partial charge in [0.15, 0.2) is 11.6 Å². The fourth-order valence-corrected chi connectivity index (χ4v) is 8.49. The van der Waals surface area contributed by atoms with E-state index in [0.717, 1.165) is 107 Å². The molecule has 8 heterocycles. The molecule has 64 heavy (non-hydrogen) atoms. The second-order valence-corrected chi connectivity index (χ2v) is 16.2. The minimum atomic E-state index is 0.252. The summed E-state index contributed by atoms with van der Waals surface area (Å²) in [5.41, 5.74) is 10.2. The third kappa shape index (κ3) is 9.17. The van der Waals surface area contributed by atoms with Crippen molar-refractivity contribution in [1.29, 1.82) is 0 Å². The van der Waals surface area contributed by atoms with E-state index in [4.69, 9.17) is 39.6 Å². The maximum absolute atomic E-state index is 5.29. The standard InChI is InChI=1S/2C25H26N6O/c2*1-17-15-30(16-26-17)23-12-8-20(27-18(23)2)9-13-24-28-25-22(5-4-14-31(25)29-24)19-6-10-21(32-3)11-7-19/h2*6-13,15-16,22H,4-5,14H2,1-3H3/b2*13-9+/t2*22-/m10/s1. The molecule has 0 N–H and O–H groups in total. The SMILES string of the molecule is COc1ccc([C@@H]2CCCn3nc(/C=C/c4ccc(-n5cnc(C)c5)c(C)n4)nc32)cc1.COc1ccc([C@H]2CCCn3nc(/C=C/c4ccc(-n5cnc(C)c5)c(C)n4)nc32)cc1. The minimum absolute atomic E-state index is 0.252. The first-order valence-corrected chi connectivity index (χ1v) is 21.7. The second-order valence-electron chi connectivity index (χ2n) is 16.2. The number of methoxy groups -OCH3 is 2. The first-order valence-electron chi connectivity index (χ1n) is 21.7. The Morgan fingerprint density at radius 3 is 1.30 bits per heavy atom. The predicted molar refractivity (Wildman–Crippen MR) is 248 cm³/mol. The van der Waals surface area contributed by atoms with E-state index in [-0.39, 0.29) is 11.8 Å². The van der Waals surface area contributed by atoms with E-state index < -0.39 is 0 Å². The van der Waals surface area contributed by atoms with Gasteiger partial charge in [-0.15, -0.1) is 0 Å². The van der Waals surface area contributed by atoms with Crippen LogP contribution in [0.15, 0.2) is 97.8 Å². The van der Waals surface area contributed by atoms with Crippen molar-refractivity contribution in [2.45, 2.75) is 78.3 Å². The first-order chi connectivity index (χ1) is 31.2. The summed E-state index contributed by atoms with van der Waals surface area (Å²) in [6, 6.07) is 24.7. The molecule has 0 saturated heterocycles. The zero-order valence-corrected chi connectivity index (χ0v) is 37.1. The van der Waals surface area contributed by atoms with Crippen LogP contribution in [0.3, 0.4) is 0 Å². The highest BCUT2D eigenvalue weighted by Gasteiger charge is 2.27. The van der Waals surface area contributed by atoms with Crippen LogP contribution in [-0.4, -0.2) is 72.8 Å². The number of pyridine rings is 2. The van der Waals surface area contributed by atoms with Crippen LogP contribution in [0.25, 0.3) is 35.7 Å². The maximum atomic E-state index is 5.29. The number of hydrogen-bond acceptors (Lipinski definition) is 10. The van der Waals surface area contributed by atoms with Crippen molar-refractivity contribution in [2.75, 3.05) is 14.2 Å². The van der Waals surface area contributed by atoms with Crippen molar-refractivity contribution in [3.8, 4) is 22.9 Å². The lowest BCUT2D eigenvalue weighted by molar-refractivity contribution is 0.413. The molecule has 2 aromatic carbocycles. The Morgan fingerprint density at radius 1 is 0.516 bits per heavy atom. The molecule has 14 nitrogen and oxygen atoms in total. The molecule has 0 saturated carbocycles. The van der Waals surface area contributed by atoms with Gasteiger partial charge in [-0.3, -0.25) is 9.97 Å². The van der Waals surface area contributed by atoms with Gasteiger partial charge in [0.05, 0.1) is 72.4 Å². The molecule has 2 atom stereocenters. The molecule has 6 aromatic heterocycles.